The topological polar surface area (TPSA) is 18.5 Å². The molecule has 1 fully saturated rings. The Kier molecular flexibility index (Phi) is 1.18. The molecule has 64 valence electrons. The van der Waals surface area contributed by atoms with Gasteiger partial charge in [-0.15, -0.1) is 0 Å². The largest absolute Gasteiger partial charge is 0.486 e. The van der Waals surface area contributed by atoms with E-state index in [1.54, 1.807) is 12.1 Å². The molecule has 2 nitrogen and oxygen atoms in total. The lowest BCUT2D eigenvalue weighted by Crippen LogP contribution is -2.38. The van der Waals surface area contributed by atoms with Gasteiger partial charge in [0.15, 0.2) is 0 Å². The first-order valence-electron chi connectivity index (χ1n) is 5.83. The number of benzene rings is 1. The number of hydrogen-bond donors (Lipinski definition) is 0. The Hall–Kier alpha value is -0.540. The average molecular weight is 234 g/mol. The molecule has 0 unspecified atom stereocenters. The van der Waals surface area contributed by atoms with E-state index < -0.39 is 19.2 Å². The Morgan fingerprint density at radius 1 is 1.50 bits per heavy atom. The second-order valence-corrected chi connectivity index (χ2v) is 3.11. The van der Waals surface area contributed by atoms with Crippen LogP contribution < -0.4 is 4.74 Å². The van der Waals surface area contributed by atoms with Crippen LogP contribution in [0.15, 0.2) is 28.7 Å². The Balaban J connectivity index is 2.25. The van der Waals surface area contributed by atoms with Crippen molar-refractivity contribution >= 4 is 15.9 Å². The minimum atomic E-state index is -2.48. The maximum atomic E-state index is 7.75. The fourth-order valence-corrected chi connectivity index (χ4v) is 1.02. The third kappa shape index (κ3) is 1.79. The first-order valence-corrected chi connectivity index (χ1v) is 4.12. The van der Waals surface area contributed by atoms with E-state index in [1.807, 2.05) is 0 Å². The standard InChI is InChI=1S/C9H9BrO2/c10-7-1-3-8(4-2-7)12-9-5-11-6-9/h1-4,9H,5-6H2/i5D2,6D2,9D. The SMILES string of the molecule is [2H]C1([2H])OC([2H])([2H])C1([2H])Oc1ccc(Br)cc1. The third-order valence-electron chi connectivity index (χ3n) is 1.32. The van der Waals surface area contributed by atoms with Crippen LogP contribution in [0.2, 0.25) is 0 Å². The van der Waals surface area contributed by atoms with E-state index in [2.05, 4.69) is 20.7 Å². The van der Waals surface area contributed by atoms with Gasteiger partial charge in [0.2, 0.25) is 0 Å². The van der Waals surface area contributed by atoms with Gasteiger partial charge in [-0.25, -0.2) is 0 Å². The van der Waals surface area contributed by atoms with E-state index >= 15 is 0 Å². The molecule has 0 atom stereocenters. The minimum Gasteiger partial charge on any atom is -0.486 e. The van der Waals surface area contributed by atoms with E-state index in [9.17, 15) is 0 Å². The van der Waals surface area contributed by atoms with E-state index in [4.69, 9.17) is 11.6 Å². The molecule has 0 N–H and O–H groups in total. The summed E-state index contributed by atoms with van der Waals surface area (Å²) in [6, 6.07) is 6.35. The predicted octanol–water partition coefficient (Wildman–Crippen LogP) is 2.23. The Labute approximate surface area is 86.6 Å². The molecule has 0 bridgehead atoms. The van der Waals surface area contributed by atoms with Gasteiger partial charge in [0.1, 0.15) is 11.8 Å². The molecule has 0 amide bonds. The van der Waals surface area contributed by atoms with Crippen LogP contribution in [-0.2, 0) is 4.74 Å². The van der Waals surface area contributed by atoms with Gasteiger partial charge < -0.3 is 9.47 Å². The lowest BCUT2D eigenvalue weighted by atomic mass is 10.3. The minimum absolute atomic E-state index is 0.208. The Morgan fingerprint density at radius 3 is 2.75 bits per heavy atom. The molecule has 0 aromatic heterocycles. The first-order chi connectivity index (χ1) is 7.68. The molecule has 1 saturated heterocycles. The lowest BCUT2D eigenvalue weighted by molar-refractivity contribution is -0.0796. The van der Waals surface area contributed by atoms with E-state index in [0.29, 0.717) is 0 Å². The van der Waals surface area contributed by atoms with Crippen molar-refractivity contribution in [2.45, 2.75) is 6.08 Å². The van der Waals surface area contributed by atoms with Crippen LogP contribution in [0.1, 0.15) is 6.85 Å². The molecule has 0 radical (unpaired) electrons. The molecular formula is C9H9BrO2. The molecule has 0 saturated carbocycles. The van der Waals surface area contributed by atoms with Crippen molar-refractivity contribution in [2.24, 2.45) is 0 Å². The van der Waals surface area contributed by atoms with Gasteiger partial charge in [-0.2, -0.15) is 0 Å². The molecule has 1 aromatic rings. The molecule has 2 rings (SSSR count). The monoisotopic (exact) mass is 233 g/mol. The van der Waals surface area contributed by atoms with Gasteiger partial charge in [-0.1, -0.05) is 15.9 Å². The van der Waals surface area contributed by atoms with Gasteiger partial charge >= 0.3 is 0 Å². The number of halogens is 1. The normalized spacial score (nSPS) is 34.2. The third-order valence-corrected chi connectivity index (χ3v) is 1.85. The van der Waals surface area contributed by atoms with Crippen LogP contribution in [0.25, 0.3) is 0 Å². The zero-order valence-corrected chi connectivity index (χ0v) is 7.59. The number of hydrogen-bond acceptors (Lipinski definition) is 2. The number of ether oxygens (including phenoxy) is 2. The molecule has 1 aliphatic rings. The Morgan fingerprint density at radius 2 is 2.17 bits per heavy atom. The number of rotatable bonds is 2. The lowest BCUT2D eigenvalue weighted by Gasteiger charge is -2.26. The summed E-state index contributed by atoms with van der Waals surface area (Å²) >= 11 is 3.23. The van der Waals surface area contributed by atoms with Gasteiger partial charge in [0.05, 0.1) is 20.0 Å². The highest BCUT2D eigenvalue weighted by atomic mass is 79.9. The second-order valence-electron chi connectivity index (χ2n) is 2.19. The zero-order chi connectivity index (χ0) is 12.9. The van der Waals surface area contributed by atoms with Crippen molar-refractivity contribution in [3.8, 4) is 5.75 Å². The molecule has 1 aliphatic heterocycles. The highest BCUT2D eigenvalue weighted by Crippen LogP contribution is 2.19. The van der Waals surface area contributed by atoms with Gasteiger partial charge in [-0.3, -0.25) is 0 Å². The van der Waals surface area contributed by atoms with Crippen molar-refractivity contribution in [2.75, 3.05) is 13.1 Å². The van der Waals surface area contributed by atoms with Crippen molar-refractivity contribution < 1.29 is 16.3 Å². The van der Waals surface area contributed by atoms with Crippen molar-refractivity contribution in [1.29, 1.82) is 0 Å². The fourth-order valence-electron chi connectivity index (χ4n) is 0.755. The van der Waals surface area contributed by atoms with Crippen LogP contribution in [0, 0.1) is 0 Å². The first kappa shape index (κ1) is 4.11. The van der Waals surface area contributed by atoms with Gasteiger partial charge in [0, 0.05) is 4.47 Å². The van der Waals surface area contributed by atoms with Crippen LogP contribution in [-0.4, -0.2) is 19.2 Å². The summed E-state index contributed by atoms with van der Waals surface area (Å²) in [5.41, 5.74) is 0. The average Bonchev–Trinajstić information content (AvgIpc) is 2.19. The summed E-state index contributed by atoms with van der Waals surface area (Å²) in [6.45, 7) is -4.97. The summed E-state index contributed by atoms with van der Waals surface area (Å²) in [4.78, 5) is 0. The summed E-state index contributed by atoms with van der Waals surface area (Å²) in [5, 5.41) is 0. The van der Waals surface area contributed by atoms with Crippen LogP contribution in [0.5, 0.6) is 5.75 Å². The zero-order valence-electron chi connectivity index (χ0n) is 11.0. The summed E-state index contributed by atoms with van der Waals surface area (Å²) in [6.07, 6.45) is -2.41. The highest BCUT2D eigenvalue weighted by Gasteiger charge is 2.19. The smallest absolute Gasteiger partial charge is 0.145 e. The van der Waals surface area contributed by atoms with Crippen molar-refractivity contribution in [3.05, 3.63) is 28.7 Å². The van der Waals surface area contributed by atoms with E-state index in [-0.39, 0.29) is 5.75 Å². The van der Waals surface area contributed by atoms with Crippen LogP contribution in [0.4, 0.5) is 0 Å². The van der Waals surface area contributed by atoms with Crippen LogP contribution >= 0.6 is 15.9 Å². The molecule has 3 heteroatoms. The molecule has 1 aromatic carbocycles. The molecular weight excluding hydrogens is 220 g/mol. The van der Waals surface area contributed by atoms with E-state index in [1.165, 1.54) is 12.1 Å². The van der Waals surface area contributed by atoms with Gasteiger partial charge in [0.25, 0.3) is 0 Å². The molecule has 1 heterocycles. The maximum absolute atomic E-state index is 7.75. The summed E-state index contributed by atoms with van der Waals surface area (Å²) in [7, 11) is 0. The van der Waals surface area contributed by atoms with Crippen molar-refractivity contribution in [3.63, 3.8) is 0 Å². The maximum Gasteiger partial charge on any atom is 0.145 e. The summed E-state index contributed by atoms with van der Waals surface area (Å²) in [5.74, 6) is 0.208. The fraction of sp³-hybridized carbons (Fsp3) is 0.333. The highest BCUT2D eigenvalue weighted by molar-refractivity contribution is 9.10. The van der Waals surface area contributed by atoms with Gasteiger partial charge in [-0.05, 0) is 24.3 Å². The van der Waals surface area contributed by atoms with E-state index in [0.717, 1.165) is 4.47 Å². The van der Waals surface area contributed by atoms with Crippen molar-refractivity contribution in [1.82, 2.24) is 0 Å². The second kappa shape index (κ2) is 3.46. The van der Waals surface area contributed by atoms with Crippen LogP contribution in [0.3, 0.4) is 0 Å². The molecule has 0 spiro atoms. The Bertz CT molecular complexity index is 420. The molecule has 0 aliphatic carbocycles. The quantitative estimate of drug-likeness (QED) is 0.781. The predicted molar refractivity (Wildman–Crippen MR) is 49.4 cm³/mol. The molecule has 12 heavy (non-hydrogen) atoms. The summed E-state index contributed by atoms with van der Waals surface area (Å²) < 4.78 is 47.4.